The van der Waals surface area contributed by atoms with Crippen molar-refractivity contribution in [1.29, 1.82) is 0 Å². The number of hydrogen-bond donors (Lipinski definition) is 3. The van der Waals surface area contributed by atoms with E-state index in [0.29, 0.717) is 10.9 Å². The normalized spacial score (nSPS) is 14.8. The van der Waals surface area contributed by atoms with E-state index >= 15 is 0 Å². The number of unbranched alkanes of at least 4 members (excludes halogenated alkanes) is 15. The summed E-state index contributed by atoms with van der Waals surface area (Å²) >= 11 is 0. The van der Waals surface area contributed by atoms with E-state index in [1.54, 1.807) is 0 Å². The van der Waals surface area contributed by atoms with Crippen molar-refractivity contribution in [3.05, 3.63) is 12.2 Å². The van der Waals surface area contributed by atoms with Gasteiger partial charge in [0, 0.05) is 0 Å². The first-order chi connectivity index (χ1) is 15.0. The van der Waals surface area contributed by atoms with Crippen molar-refractivity contribution in [2.24, 2.45) is 0 Å². The van der Waals surface area contributed by atoms with Crippen LogP contribution in [0.4, 0.5) is 0 Å². The van der Waals surface area contributed by atoms with Crippen LogP contribution in [0, 0.1) is 0 Å². The highest BCUT2D eigenvalue weighted by Gasteiger charge is 2.48. The van der Waals surface area contributed by atoms with Gasteiger partial charge < -0.3 is 19.4 Å². The molecule has 0 rings (SSSR count). The van der Waals surface area contributed by atoms with Gasteiger partial charge in [-0.15, -0.1) is 0 Å². The Hall–Kier alpha value is -0.190. The Kier molecular flexibility index (Phi) is 18.1. The molecule has 0 aliphatic heterocycles. The summed E-state index contributed by atoms with van der Waals surface area (Å²) in [5, 5.41) is 8.60. The third-order valence-corrected chi connectivity index (χ3v) is 7.56. The SMILES string of the molecule is CCCCCCCCCCCCCCC/C=C\CCCCC(O)(C[N+](C)(C)C)P(=O)(O)O. The molecule has 0 saturated heterocycles. The van der Waals surface area contributed by atoms with Crippen molar-refractivity contribution in [3.8, 4) is 0 Å². The Balaban J connectivity index is 3.62. The summed E-state index contributed by atoms with van der Waals surface area (Å²) in [5.41, 5.74) is 0. The van der Waals surface area contributed by atoms with Gasteiger partial charge >= 0.3 is 7.60 Å². The maximum Gasteiger partial charge on any atom is 0.362 e. The van der Waals surface area contributed by atoms with Crippen LogP contribution >= 0.6 is 7.60 Å². The summed E-state index contributed by atoms with van der Waals surface area (Å²) in [7, 11) is 0.943. The number of hydrogen-bond acceptors (Lipinski definition) is 2. The third kappa shape index (κ3) is 18.3. The third-order valence-electron chi connectivity index (χ3n) is 6.11. The highest BCUT2D eigenvalue weighted by atomic mass is 31.2. The van der Waals surface area contributed by atoms with E-state index in [2.05, 4.69) is 19.1 Å². The summed E-state index contributed by atoms with van der Waals surface area (Å²) in [6.07, 6.45) is 25.9. The van der Waals surface area contributed by atoms with Gasteiger partial charge in [0.15, 0.2) is 0 Å². The number of likely N-dealkylation sites (N-methyl/N-ethyl adjacent to an activating group) is 1. The first kappa shape index (κ1) is 31.8. The molecule has 0 aromatic carbocycles. The molecule has 0 aromatic rings. The zero-order chi connectivity index (χ0) is 24.3. The van der Waals surface area contributed by atoms with E-state index in [1.165, 1.54) is 83.5 Å². The molecular weight excluding hydrogens is 421 g/mol. The summed E-state index contributed by atoms with van der Waals surface area (Å²) in [6.45, 7) is 2.32. The predicted octanol–water partition coefficient (Wildman–Crippen LogP) is 7.16. The average Bonchev–Trinajstić information content (AvgIpc) is 2.67. The van der Waals surface area contributed by atoms with Crippen LogP contribution < -0.4 is 0 Å². The molecule has 1 atom stereocenters. The van der Waals surface area contributed by atoms with E-state index < -0.39 is 12.9 Å². The Labute approximate surface area is 199 Å². The molecule has 0 radical (unpaired) electrons. The first-order valence-corrected chi connectivity index (χ1v) is 14.9. The molecule has 6 heteroatoms. The minimum atomic E-state index is -4.56. The number of nitrogens with zero attached hydrogens (tertiary/aromatic N) is 1. The highest BCUT2D eigenvalue weighted by Crippen LogP contribution is 2.52. The average molecular weight is 477 g/mol. The van der Waals surface area contributed by atoms with Gasteiger partial charge in [-0.1, -0.05) is 96.1 Å². The van der Waals surface area contributed by atoms with Gasteiger partial charge in [0.2, 0.25) is 5.34 Å². The molecule has 32 heavy (non-hydrogen) atoms. The smallest absolute Gasteiger partial charge is 0.362 e. The van der Waals surface area contributed by atoms with Crippen molar-refractivity contribution in [3.63, 3.8) is 0 Å². The van der Waals surface area contributed by atoms with Crippen LogP contribution in [0.1, 0.15) is 122 Å². The number of aliphatic hydroxyl groups is 1. The molecule has 0 aliphatic carbocycles. The zero-order valence-corrected chi connectivity index (χ0v) is 22.6. The summed E-state index contributed by atoms with van der Waals surface area (Å²) in [5.74, 6) is 0. The molecule has 0 fully saturated rings. The maximum absolute atomic E-state index is 11.8. The second-order valence-corrected chi connectivity index (χ2v) is 12.6. The number of allylic oxidation sites excluding steroid dienone is 2. The minimum absolute atomic E-state index is 0.0478. The number of quaternary nitrogens is 1. The van der Waals surface area contributed by atoms with Gasteiger partial charge in [-0.3, -0.25) is 4.57 Å². The lowest BCUT2D eigenvalue weighted by Gasteiger charge is -2.35. The summed E-state index contributed by atoms with van der Waals surface area (Å²) in [4.78, 5) is 19.2. The summed E-state index contributed by atoms with van der Waals surface area (Å²) in [6, 6.07) is 0. The Morgan fingerprint density at radius 2 is 1.06 bits per heavy atom. The van der Waals surface area contributed by atoms with Gasteiger partial charge in [0.05, 0.1) is 21.1 Å². The Morgan fingerprint density at radius 3 is 1.44 bits per heavy atom. The van der Waals surface area contributed by atoms with Crippen molar-refractivity contribution < 1.29 is 23.9 Å². The molecule has 0 aliphatic rings. The standard InChI is InChI=1S/C26H54NO4P/c1-5-6-7-8-9-10-11-12-13-14-15-16-17-18-19-20-21-22-23-24-26(28,32(29,30)31)25-27(2,3)4/h19-20,28H,5-18,21-25H2,1-4H3,(H-,29,30,31)/p+1/b20-19-. The fraction of sp³-hybridized carbons (Fsp3) is 0.923. The first-order valence-electron chi connectivity index (χ1n) is 13.3. The van der Waals surface area contributed by atoms with Crippen LogP contribution in [-0.2, 0) is 4.57 Å². The monoisotopic (exact) mass is 476 g/mol. The van der Waals surface area contributed by atoms with Crippen LogP contribution in [-0.4, -0.2) is 52.4 Å². The molecular formula is C26H55NO4P+. The molecule has 0 bridgehead atoms. The second-order valence-electron chi connectivity index (χ2n) is 10.7. The van der Waals surface area contributed by atoms with Crippen molar-refractivity contribution in [2.75, 3.05) is 27.7 Å². The van der Waals surface area contributed by atoms with Gasteiger partial charge in [0.1, 0.15) is 6.54 Å². The van der Waals surface area contributed by atoms with Crippen molar-refractivity contribution >= 4 is 7.60 Å². The van der Waals surface area contributed by atoms with E-state index in [4.69, 9.17) is 0 Å². The molecule has 3 N–H and O–H groups in total. The highest BCUT2D eigenvalue weighted by molar-refractivity contribution is 7.53. The zero-order valence-electron chi connectivity index (χ0n) is 21.7. The van der Waals surface area contributed by atoms with Crippen LogP contribution in [0.25, 0.3) is 0 Å². The van der Waals surface area contributed by atoms with Crippen LogP contribution in [0.3, 0.4) is 0 Å². The van der Waals surface area contributed by atoms with Crippen molar-refractivity contribution in [1.82, 2.24) is 0 Å². The molecule has 0 spiro atoms. The number of rotatable bonds is 22. The molecule has 0 aromatic heterocycles. The van der Waals surface area contributed by atoms with E-state index in [9.17, 15) is 19.5 Å². The lowest BCUT2D eigenvalue weighted by atomic mass is 10.0. The van der Waals surface area contributed by atoms with Gasteiger partial charge in [-0.05, 0) is 38.5 Å². The lowest BCUT2D eigenvalue weighted by Crippen LogP contribution is -2.49. The van der Waals surface area contributed by atoms with Crippen LogP contribution in [0.2, 0.25) is 0 Å². The molecule has 0 heterocycles. The quantitative estimate of drug-likeness (QED) is 0.0670. The summed E-state index contributed by atoms with van der Waals surface area (Å²) < 4.78 is 12.1. The second kappa shape index (κ2) is 18.2. The molecule has 0 saturated carbocycles. The lowest BCUT2D eigenvalue weighted by molar-refractivity contribution is -0.875. The Morgan fingerprint density at radius 1 is 0.688 bits per heavy atom. The van der Waals surface area contributed by atoms with E-state index in [-0.39, 0.29) is 13.0 Å². The molecule has 5 nitrogen and oxygen atoms in total. The maximum atomic E-state index is 11.8. The van der Waals surface area contributed by atoms with Gasteiger partial charge in [-0.25, -0.2) is 0 Å². The Bertz CT molecular complexity index is 512. The largest absolute Gasteiger partial charge is 0.373 e. The van der Waals surface area contributed by atoms with E-state index in [1.807, 2.05) is 21.1 Å². The van der Waals surface area contributed by atoms with Gasteiger partial charge in [0.25, 0.3) is 0 Å². The molecule has 192 valence electrons. The van der Waals surface area contributed by atoms with Crippen LogP contribution in [0.15, 0.2) is 12.2 Å². The molecule has 1 unspecified atom stereocenters. The van der Waals surface area contributed by atoms with Gasteiger partial charge in [-0.2, -0.15) is 0 Å². The van der Waals surface area contributed by atoms with E-state index in [0.717, 1.165) is 19.3 Å². The fourth-order valence-corrected chi connectivity index (χ4v) is 5.32. The van der Waals surface area contributed by atoms with Crippen molar-refractivity contribution in [2.45, 2.75) is 128 Å². The minimum Gasteiger partial charge on any atom is -0.373 e. The topological polar surface area (TPSA) is 77.8 Å². The fourth-order valence-electron chi connectivity index (χ4n) is 4.26. The predicted molar refractivity (Wildman–Crippen MR) is 138 cm³/mol. The van der Waals surface area contributed by atoms with Crippen LogP contribution in [0.5, 0.6) is 0 Å². The molecule has 0 amide bonds.